The molecule has 4 heteroatoms. The SMILES string of the molecule is CCC(N)Cc1ncc(-c2cccc(Cl)c2)cn1. The minimum Gasteiger partial charge on any atom is -0.327 e. The minimum absolute atomic E-state index is 0.127. The molecule has 0 saturated carbocycles. The maximum absolute atomic E-state index is 5.96. The maximum Gasteiger partial charge on any atom is 0.129 e. The first-order chi connectivity index (χ1) is 8.69. The van der Waals surface area contributed by atoms with Crippen molar-refractivity contribution in [2.24, 2.45) is 5.73 Å². The average molecular weight is 262 g/mol. The molecule has 1 atom stereocenters. The van der Waals surface area contributed by atoms with Crippen LogP contribution in [-0.2, 0) is 6.42 Å². The van der Waals surface area contributed by atoms with Gasteiger partial charge in [-0.2, -0.15) is 0 Å². The first-order valence-corrected chi connectivity index (χ1v) is 6.39. The lowest BCUT2D eigenvalue weighted by Crippen LogP contribution is -2.22. The molecular formula is C14H16ClN3. The van der Waals surface area contributed by atoms with Crippen LogP contribution in [0, 0.1) is 0 Å². The van der Waals surface area contributed by atoms with E-state index in [1.807, 2.05) is 36.7 Å². The average Bonchev–Trinajstić information content (AvgIpc) is 2.39. The van der Waals surface area contributed by atoms with Gasteiger partial charge in [-0.25, -0.2) is 9.97 Å². The van der Waals surface area contributed by atoms with Gasteiger partial charge >= 0.3 is 0 Å². The van der Waals surface area contributed by atoms with Gasteiger partial charge in [-0.3, -0.25) is 0 Å². The number of benzene rings is 1. The van der Waals surface area contributed by atoms with Gasteiger partial charge in [-0.1, -0.05) is 30.7 Å². The van der Waals surface area contributed by atoms with Crippen molar-refractivity contribution in [3.63, 3.8) is 0 Å². The topological polar surface area (TPSA) is 51.8 Å². The van der Waals surface area contributed by atoms with Gasteiger partial charge in [0.25, 0.3) is 0 Å². The Kier molecular flexibility index (Phi) is 4.28. The van der Waals surface area contributed by atoms with E-state index >= 15 is 0 Å². The summed E-state index contributed by atoms with van der Waals surface area (Å²) in [5.41, 5.74) is 7.86. The monoisotopic (exact) mass is 261 g/mol. The number of hydrogen-bond acceptors (Lipinski definition) is 3. The van der Waals surface area contributed by atoms with Crippen molar-refractivity contribution < 1.29 is 0 Å². The Morgan fingerprint density at radius 2 is 1.94 bits per heavy atom. The quantitative estimate of drug-likeness (QED) is 0.920. The summed E-state index contributed by atoms with van der Waals surface area (Å²) in [4.78, 5) is 8.68. The fourth-order valence-electron chi connectivity index (χ4n) is 1.66. The number of rotatable bonds is 4. The minimum atomic E-state index is 0.127. The molecular weight excluding hydrogens is 246 g/mol. The fraction of sp³-hybridized carbons (Fsp3) is 0.286. The third-order valence-corrected chi connectivity index (χ3v) is 3.07. The van der Waals surface area contributed by atoms with Crippen LogP contribution in [0.5, 0.6) is 0 Å². The van der Waals surface area contributed by atoms with Crippen LogP contribution in [0.2, 0.25) is 5.02 Å². The summed E-state index contributed by atoms with van der Waals surface area (Å²) in [7, 11) is 0. The molecule has 0 aliphatic rings. The van der Waals surface area contributed by atoms with E-state index < -0.39 is 0 Å². The van der Waals surface area contributed by atoms with Gasteiger partial charge in [0.2, 0.25) is 0 Å². The Hall–Kier alpha value is -1.45. The summed E-state index contributed by atoms with van der Waals surface area (Å²) in [5, 5.41) is 0.713. The molecule has 0 spiro atoms. The van der Waals surface area contributed by atoms with E-state index in [4.69, 9.17) is 17.3 Å². The Labute approximate surface area is 112 Å². The van der Waals surface area contributed by atoms with E-state index in [2.05, 4.69) is 16.9 Å². The van der Waals surface area contributed by atoms with Gasteiger partial charge < -0.3 is 5.73 Å². The summed E-state index contributed by atoms with van der Waals surface area (Å²) in [6.07, 6.45) is 5.28. The van der Waals surface area contributed by atoms with Gasteiger partial charge in [0.15, 0.2) is 0 Å². The van der Waals surface area contributed by atoms with Crippen LogP contribution in [0.1, 0.15) is 19.2 Å². The lowest BCUT2D eigenvalue weighted by molar-refractivity contribution is 0.624. The van der Waals surface area contributed by atoms with Crippen molar-refractivity contribution in [2.45, 2.75) is 25.8 Å². The van der Waals surface area contributed by atoms with Crippen LogP contribution >= 0.6 is 11.6 Å². The summed E-state index contributed by atoms with van der Waals surface area (Å²) < 4.78 is 0. The molecule has 3 nitrogen and oxygen atoms in total. The Morgan fingerprint density at radius 1 is 1.22 bits per heavy atom. The first-order valence-electron chi connectivity index (χ1n) is 6.01. The molecule has 1 unspecified atom stereocenters. The van der Waals surface area contributed by atoms with Crippen LogP contribution in [0.4, 0.5) is 0 Å². The van der Waals surface area contributed by atoms with Crippen LogP contribution in [-0.4, -0.2) is 16.0 Å². The van der Waals surface area contributed by atoms with Gasteiger partial charge in [-0.15, -0.1) is 0 Å². The third kappa shape index (κ3) is 3.28. The molecule has 0 amide bonds. The standard InChI is InChI=1S/C14H16ClN3/c1-2-13(16)7-14-17-8-11(9-18-14)10-4-3-5-12(15)6-10/h3-6,8-9,13H,2,7,16H2,1H3. The molecule has 0 saturated heterocycles. The molecule has 2 N–H and O–H groups in total. The molecule has 0 aliphatic heterocycles. The number of nitrogens with two attached hydrogens (primary N) is 1. The maximum atomic E-state index is 5.96. The second-order valence-corrected chi connectivity index (χ2v) is 4.71. The predicted molar refractivity (Wildman–Crippen MR) is 74.4 cm³/mol. The number of halogens is 1. The van der Waals surface area contributed by atoms with Crippen molar-refractivity contribution in [3.8, 4) is 11.1 Å². The number of hydrogen-bond donors (Lipinski definition) is 1. The largest absolute Gasteiger partial charge is 0.327 e. The highest BCUT2D eigenvalue weighted by molar-refractivity contribution is 6.30. The van der Waals surface area contributed by atoms with E-state index in [0.717, 1.165) is 23.4 Å². The van der Waals surface area contributed by atoms with E-state index in [-0.39, 0.29) is 6.04 Å². The fourth-order valence-corrected chi connectivity index (χ4v) is 1.85. The zero-order chi connectivity index (χ0) is 13.0. The highest BCUT2D eigenvalue weighted by Crippen LogP contribution is 2.21. The van der Waals surface area contributed by atoms with E-state index in [1.54, 1.807) is 0 Å². The van der Waals surface area contributed by atoms with Crippen molar-refractivity contribution in [1.82, 2.24) is 9.97 Å². The summed E-state index contributed by atoms with van der Waals surface area (Å²) in [6.45, 7) is 2.06. The smallest absolute Gasteiger partial charge is 0.129 e. The van der Waals surface area contributed by atoms with Crippen molar-refractivity contribution >= 4 is 11.6 Å². The molecule has 0 bridgehead atoms. The lowest BCUT2D eigenvalue weighted by Gasteiger charge is -2.07. The van der Waals surface area contributed by atoms with Gasteiger partial charge in [0, 0.05) is 35.4 Å². The van der Waals surface area contributed by atoms with E-state index in [0.29, 0.717) is 11.4 Å². The summed E-state index contributed by atoms with van der Waals surface area (Å²) in [6, 6.07) is 7.78. The number of nitrogens with zero attached hydrogens (tertiary/aromatic N) is 2. The van der Waals surface area contributed by atoms with Crippen LogP contribution in [0.25, 0.3) is 11.1 Å². The highest BCUT2D eigenvalue weighted by atomic mass is 35.5. The zero-order valence-electron chi connectivity index (χ0n) is 10.3. The van der Waals surface area contributed by atoms with Gasteiger partial charge in [-0.05, 0) is 24.1 Å². The van der Waals surface area contributed by atoms with Crippen LogP contribution in [0.3, 0.4) is 0 Å². The molecule has 0 fully saturated rings. The van der Waals surface area contributed by atoms with E-state index in [1.165, 1.54) is 0 Å². The summed E-state index contributed by atoms with van der Waals surface area (Å²) in [5.74, 6) is 0.787. The van der Waals surface area contributed by atoms with Gasteiger partial charge in [0.1, 0.15) is 5.82 Å². The second kappa shape index (κ2) is 5.94. The molecule has 2 rings (SSSR count). The molecule has 2 aromatic rings. The molecule has 0 radical (unpaired) electrons. The zero-order valence-corrected chi connectivity index (χ0v) is 11.1. The molecule has 94 valence electrons. The van der Waals surface area contributed by atoms with Crippen LogP contribution < -0.4 is 5.73 Å². The number of aromatic nitrogens is 2. The molecule has 0 aliphatic carbocycles. The van der Waals surface area contributed by atoms with Crippen molar-refractivity contribution in [3.05, 3.63) is 47.5 Å². The van der Waals surface area contributed by atoms with Crippen molar-refractivity contribution in [1.29, 1.82) is 0 Å². The Bertz CT molecular complexity index is 511. The lowest BCUT2D eigenvalue weighted by atomic mass is 10.1. The molecule has 18 heavy (non-hydrogen) atoms. The summed E-state index contributed by atoms with van der Waals surface area (Å²) >= 11 is 5.96. The molecule has 1 aromatic carbocycles. The predicted octanol–water partition coefficient (Wildman–Crippen LogP) is 3.08. The van der Waals surface area contributed by atoms with E-state index in [9.17, 15) is 0 Å². The molecule has 1 aromatic heterocycles. The second-order valence-electron chi connectivity index (χ2n) is 4.27. The normalized spacial score (nSPS) is 12.4. The van der Waals surface area contributed by atoms with Crippen molar-refractivity contribution in [2.75, 3.05) is 0 Å². The highest BCUT2D eigenvalue weighted by Gasteiger charge is 2.05. The third-order valence-electron chi connectivity index (χ3n) is 2.83. The van der Waals surface area contributed by atoms with Crippen LogP contribution in [0.15, 0.2) is 36.7 Å². The first kappa shape index (κ1) is 13.0. The Morgan fingerprint density at radius 3 is 2.56 bits per heavy atom. The molecule has 1 heterocycles. The van der Waals surface area contributed by atoms with Gasteiger partial charge in [0.05, 0.1) is 0 Å². The Balaban J connectivity index is 2.17.